The van der Waals surface area contributed by atoms with E-state index in [1.54, 1.807) is 6.92 Å². The number of ether oxygens (including phenoxy) is 2. The fourth-order valence-electron chi connectivity index (χ4n) is 3.92. The van der Waals surface area contributed by atoms with Gasteiger partial charge in [-0.3, -0.25) is 0 Å². The summed E-state index contributed by atoms with van der Waals surface area (Å²) in [6, 6.07) is 0.495. The number of halogens is 5. The first-order valence-electron chi connectivity index (χ1n) is 10.8. The second-order valence-corrected chi connectivity index (χ2v) is 8.08. The topological polar surface area (TPSA) is 107 Å². The molecule has 1 aromatic carbocycles. The quantitative estimate of drug-likeness (QED) is 0.359. The molecule has 3 heterocycles. The van der Waals surface area contributed by atoms with E-state index in [0.717, 1.165) is 6.92 Å². The van der Waals surface area contributed by atoms with Crippen molar-refractivity contribution in [3.8, 4) is 23.1 Å². The van der Waals surface area contributed by atoms with Crippen LogP contribution in [-0.4, -0.2) is 47.8 Å². The second kappa shape index (κ2) is 9.29. The van der Waals surface area contributed by atoms with Gasteiger partial charge in [0.25, 0.3) is 0 Å². The average Bonchev–Trinajstić information content (AvgIpc) is 2.82. The molecule has 0 amide bonds. The van der Waals surface area contributed by atoms with Crippen molar-refractivity contribution < 1.29 is 31.4 Å². The summed E-state index contributed by atoms with van der Waals surface area (Å²) in [4.78, 5) is 12.4. The third kappa shape index (κ3) is 4.59. The molecule has 0 saturated carbocycles. The van der Waals surface area contributed by atoms with Gasteiger partial charge in [-0.25, -0.2) is 13.8 Å². The smallest absolute Gasteiger partial charge is 0.417 e. The maximum atomic E-state index is 15.9. The number of aromatic nitrogens is 3. The lowest BCUT2D eigenvalue weighted by Crippen LogP contribution is -2.26. The first-order valence-corrected chi connectivity index (χ1v) is 10.8. The van der Waals surface area contributed by atoms with Gasteiger partial charge in [-0.1, -0.05) is 0 Å². The molecule has 1 atom stereocenters. The number of benzene rings is 1. The van der Waals surface area contributed by atoms with Crippen LogP contribution in [0.5, 0.6) is 11.9 Å². The Labute approximate surface area is 197 Å². The summed E-state index contributed by atoms with van der Waals surface area (Å²) in [5, 5.41) is 6.28. The fourth-order valence-corrected chi connectivity index (χ4v) is 3.92. The van der Waals surface area contributed by atoms with Gasteiger partial charge in [-0.05, 0) is 38.4 Å². The van der Waals surface area contributed by atoms with Gasteiger partial charge in [0.15, 0.2) is 5.82 Å². The highest BCUT2D eigenvalue weighted by Gasteiger charge is 2.39. The first-order chi connectivity index (χ1) is 16.5. The molecule has 0 fully saturated rings. The van der Waals surface area contributed by atoms with Crippen molar-refractivity contribution in [3.63, 3.8) is 0 Å². The van der Waals surface area contributed by atoms with Crippen LogP contribution < -0.4 is 25.8 Å². The summed E-state index contributed by atoms with van der Waals surface area (Å²) < 4.78 is 83.3. The van der Waals surface area contributed by atoms with Crippen molar-refractivity contribution >= 4 is 22.4 Å². The van der Waals surface area contributed by atoms with Gasteiger partial charge in [-0.15, -0.1) is 0 Å². The van der Waals surface area contributed by atoms with Gasteiger partial charge in [0.05, 0.1) is 24.5 Å². The van der Waals surface area contributed by atoms with Crippen LogP contribution in [0.1, 0.15) is 24.5 Å². The lowest BCUT2D eigenvalue weighted by Gasteiger charge is -2.21. The normalized spacial score (nSPS) is 16.9. The molecule has 1 unspecified atom stereocenters. The van der Waals surface area contributed by atoms with Gasteiger partial charge in [0, 0.05) is 18.7 Å². The number of nitrogens with two attached hydrogens (primary N) is 1. The van der Waals surface area contributed by atoms with Crippen molar-refractivity contribution in [2.45, 2.75) is 32.5 Å². The molecular weight excluding hydrogens is 475 g/mol. The molecule has 0 radical (unpaired) electrons. The van der Waals surface area contributed by atoms with Crippen LogP contribution in [0.3, 0.4) is 0 Å². The van der Waals surface area contributed by atoms with Crippen LogP contribution in [0.2, 0.25) is 0 Å². The number of nitrogens with one attached hydrogen (secondary N) is 2. The minimum absolute atomic E-state index is 0.0427. The molecule has 1 aliphatic heterocycles. The summed E-state index contributed by atoms with van der Waals surface area (Å²) >= 11 is 0. The molecular formula is C22H23F5N6O2. The van der Waals surface area contributed by atoms with Crippen molar-refractivity contribution in [1.82, 2.24) is 20.3 Å². The molecule has 8 nitrogen and oxygen atoms in total. The Morgan fingerprint density at radius 3 is 2.54 bits per heavy atom. The molecule has 35 heavy (non-hydrogen) atoms. The van der Waals surface area contributed by atoms with E-state index in [-0.39, 0.29) is 28.6 Å². The summed E-state index contributed by atoms with van der Waals surface area (Å²) in [6.45, 7) is 4.23. The molecule has 4 rings (SSSR count). The van der Waals surface area contributed by atoms with Gasteiger partial charge >= 0.3 is 12.2 Å². The van der Waals surface area contributed by atoms with E-state index in [0.29, 0.717) is 32.1 Å². The second-order valence-electron chi connectivity index (χ2n) is 8.08. The lowest BCUT2D eigenvalue weighted by molar-refractivity contribution is -0.137. The zero-order chi connectivity index (χ0) is 25.5. The van der Waals surface area contributed by atoms with Gasteiger partial charge in [0.2, 0.25) is 5.88 Å². The van der Waals surface area contributed by atoms with E-state index in [4.69, 9.17) is 15.2 Å². The number of nitrogen functional groups attached to an aromatic ring is 1. The van der Waals surface area contributed by atoms with E-state index >= 15 is 4.39 Å². The van der Waals surface area contributed by atoms with Gasteiger partial charge < -0.3 is 25.8 Å². The average molecular weight is 498 g/mol. The van der Waals surface area contributed by atoms with Crippen LogP contribution in [0.15, 0.2) is 6.07 Å². The third-order valence-electron chi connectivity index (χ3n) is 5.61. The molecule has 1 aliphatic rings. The maximum Gasteiger partial charge on any atom is 0.417 e. The zero-order valence-electron chi connectivity index (χ0n) is 19.1. The molecule has 0 spiro atoms. The first kappa shape index (κ1) is 24.6. The summed E-state index contributed by atoms with van der Waals surface area (Å²) in [6.07, 6.45) is -4.92. The largest absolute Gasteiger partial charge is 0.474 e. The van der Waals surface area contributed by atoms with Crippen LogP contribution in [-0.2, 0) is 6.18 Å². The number of methoxy groups -OCH3 is 1. The Balaban J connectivity index is 2.10. The highest BCUT2D eigenvalue weighted by atomic mass is 19.4. The van der Waals surface area contributed by atoms with Crippen molar-refractivity contribution in [3.05, 3.63) is 28.8 Å². The highest BCUT2D eigenvalue weighted by molar-refractivity contribution is 5.96. The maximum absolute atomic E-state index is 15.9. The van der Waals surface area contributed by atoms with Crippen molar-refractivity contribution in [2.75, 3.05) is 37.8 Å². The molecule has 4 N–H and O–H groups in total. The Bertz CT molecular complexity index is 1280. The Morgan fingerprint density at radius 1 is 1.11 bits per heavy atom. The number of alkyl halides is 3. The molecule has 0 saturated heterocycles. The van der Waals surface area contributed by atoms with Crippen LogP contribution in [0.4, 0.5) is 33.5 Å². The number of anilines is 2. The van der Waals surface area contributed by atoms with E-state index < -0.39 is 52.0 Å². The number of hydrogen-bond donors (Lipinski definition) is 3. The van der Waals surface area contributed by atoms with E-state index in [2.05, 4.69) is 25.6 Å². The number of rotatable bonds is 2. The van der Waals surface area contributed by atoms with E-state index in [1.807, 2.05) is 0 Å². The molecule has 0 bridgehead atoms. The third-order valence-corrected chi connectivity index (χ3v) is 5.61. The van der Waals surface area contributed by atoms with Crippen molar-refractivity contribution in [2.24, 2.45) is 0 Å². The minimum atomic E-state index is -5.02. The predicted octanol–water partition coefficient (Wildman–Crippen LogP) is 4.06. The van der Waals surface area contributed by atoms with Gasteiger partial charge in [-0.2, -0.15) is 23.1 Å². The number of hydrogen-bond acceptors (Lipinski definition) is 8. The predicted molar refractivity (Wildman–Crippen MR) is 119 cm³/mol. The van der Waals surface area contributed by atoms with Crippen molar-refractivity contribution in [1.29, 1.82) is 0 Å². The minimum Gasteiger partial charge on any atom is -0.474 e. The Kier molecular flexibility index (Phi) is 6.54. The monoisotopic (exact) mass is 498 g/mol. The zero-order valence-corrected chi connectivity index (χ0v) is 19.1. The molecule has 2 aromatic heterocycles. The summed E-state index contributed by atoms with van der Waals surface area (Å²) in [7, 11) is 1.27. The van der Waals surface area contributed by atoms with E-state index in [1.165, 1.54) is 7.11 Å². The van der Waals surface area contributed by atoms with Gasteiger partial charge in [0.1, 0.15) is 28.2 Å². The fraction of sp³-hybridized carbons (Fsp3) is 0.409. The molecule has 3 aromatic rings. The Morgan fingerprint density at radius 2 is 1.86 bits per heavy atom. The lowest BCUT2D eigenvalue weighted by atomic mass is 9.96. The Hall–Kier alpha value is -3.48. The standard InChI is InChI=1S/C22H23F5N6O2/c1-9-4-5-29-6-7-30-19-13-18(32-21(33-19)34-3)16(24)17(31-20(13)35-9)11-8-12(28)15(23)10(2)14(11)22(25,26)27/h8-9,29H,4-7,28H2,1-3H3,(H,30,32,33). The van der Waals surface area contributed by atoms with Crippen LogP contribution in [0, 0.1) is 18.6 Å². The SMILES string of the molecule is COc1nc2c3c(nc(-c4cc(N)c(F)c(C)c4C(F)(F)F)c(F)c3n1)OC(C)CCNCCN2. The molecule has 188 valence electrons. The molecule has 0 aliphatic carbocycles. The van der Waals surface area contributed by atoms with Crippen LogP contribution in [0.25, 0.3) is 22.2 Å². The highest BCUT2D eigenvalue weighted by Crippen LogP contribution is 2.44. The summed E-state index contributed by atoms with van der Waals surface area (Å²) in [5.41, 5.74) is 1.04. The van der Waals surface area contributed by atoms with Crippen LogP contribution >= 0.6 is 0 Å². The van der Waals surface area contributed by atoms with E-state index in [9.17, 15) is 17.6 Å². The number of pyridine rings is 1. The summed E-state index contributed by atoms with van der Waals surface area (Å²) in [5.74, 6) is -2.47. The number of nitrogens with zero attached hydrogens (tertiary/aromatic N) is 3. The molecule has 13 heteroatoms.